The minimum atomic E-state index is -0.233. The molecule has 0 fully saturated rings. The third kappa shape index (κ3) is 1.93. The molecule has 0 radical (unpaired) electrons. The van der Waals surface area contributed by atoms with E-state index in [1.807, 2.05) is 28.9 Å². The molecule has 1 aromatic heterocycles. The number of nitrogens with two attached hydrogens (primary N) is 1. The molecule has 0 atom stereocenters. The van der Waals surface area contributed by atoms with Crippen LogP contribution in [0, 0.1) is 5.82 Å². The zero-order valence-corrected chi connectivity index (χ0v) is 9.68. The van der Waals surface area contributed by atoms with Gasteiger partial charge in [-0.2, -0.15) is 5.10 Å². The predicted molar refractivity (Wildman–Crippen MR) is 69.6 cm³/mol. The fraction of sp³-hybridized carbons (Fsp3) is 0.0714. The lowest BCUT2D eigenvalue weighted by atomic mass is 10.2. The molecule has 18 heavy (non-hydrogen) atoms. The molecule has 3 rings (SSSR count). The van der Waals surface area contributed by atoms with Crippen molar-refractivity contribution >= 4 is 16.6 Å². The highest BCUT2D eigenvalue weighted by Gasteiger charge is 2.04. The number of halogens is 1. The van der Waals surface area contributed by atoms with E-state index in [1.54, 1.807) is 12.3 Å². The second kappa shape index (κ2) is 4.14. The first-order chi connectivity index (χ1) is 8.72. The molecule has 0 unspecified atom stereocenters. The molecule has 90 valence electrons. The minimum absolute atomic E-state index is 0.233. The Labute approximate surface area is 104 Å². The van der Waals surface area contributed by atoms with Gasteiger partial charge in [0.15, 0.2) is 0 Å². The largest absolute Gasteiger partial charge is 0.399 e. The Bertz CT molecular complexity index is 703. The van der Waals surface area contributed by atoms with Crippen molar-refractivity contribution in [2.45, 2.75) is 6.54 Å². The van der Waals surface area contributed by atoms with Crippen LogP contribution in [0.4, 0.5) is 10.1 Å². The molecule has 0 saturated carbocycles. The fourth-order valence-electron chi connectivity index (χ4n) is 2.02. The molecule has 3 aromatic rings. The quantitative estimate of drug-likeness (QED) is 0.701. The van der Waals surface area contributed by atoms with Gasteiger partial charge in [0.2, 0.25) is 0 Å². The molecule has 0 amide bonds. The van der Waals surface area contributed by atoms with Gasteiger partial charge in [-0.05, 0) is 35.9 Å². The number of rotatable bonds is 2. The van der Waals surface area contributed by atoms with Crippen LogP contribution in [-0.4, -0.2) is 9.78 Å². The van der Waals surface area contributed by atoms with Crippen molar-refractivity contribution in [2.24, 2.45) is 0 Å². The summed E-state index contributed by atoms with van der Waals surface area (Å²) in [4.78, 5) is 0. The molecule has 0 aliphatic carbocycles. The van der Waals surface area contributed by atoms with Gasteiger partial charge < -0.3 is 5.73 Å². The van der Waals surface area contributed by atoms with E-state index in [0.717, 1.165) is 16.5 Å². The number of hydrogen-bond donors (Lipinski definition) is 1. The zero-order valence-electron chi connectivity index (χ0n) is 9.68. The Balaban J connectivity index is 2.02. The van der Waals surface area contributed by atoms with Gasteiger partial charge in [0.1, 0.15) is 5.82 Å². The van der Waals surface area contributed by atoms with E-state index in [4.69, 9.17) is 5.73 Å². The molecule has 2 aromatic carbocycles. The summed E-state index contributed by atoms with van der Waals surface area (Å²) in [6, 6.07) is 12.2. The molecule has 1 heterocycles. The van der Waals surface area contributed by atoms with E-state index in [9.17, 15) is 4.39 Å². The van der Waals surface area contributed by atoms with Crippen LogP contribution in [0.25, 0.3) is 10.9 Å². The number of fused-ring (bicyclic) bond motifs is 1. The summed E-state index contributed by atoms with van der Waals surface area (Å²) in [5.41, 5.74) is 8.30. The third-order valence-electron chi connectivity index (χ3n) is 2.89. The number of hydrogen-bond acceptors (Lipinski definition) is 2. The summed E-state index contributed by atoms with van der Waals surface area (Å²) < 4.78 is 14.9. The number of nitrogens with zero attached hydrogens (tertiary/aromatic N) is 2. The highest BCUT2D eigenvalue weighted by Crippen LogP contribution is 2.18. The van der Waals surface area contributed by atoms with E-state index in [-0.39, 0.29) is 5.82 Å². The molecule has 4 heteroatoms. The van der Waals surface area contributed by atoms with Gasteiger partial charge in [-0.15, -0.1) is 0 Å². The lowest BCUT2D eigenvalue weighted by Crippen LogP contribution is -2.01. The normalized spacial score (nSPS) is 10.9. The summed E-state index contributed by atoms with van der Waals surface area (Å²) in [7, 11) is 0. The van der Waals surface area contributed by atoms with Crippen molar-refractivity contribution in [1.29, 1.82) is 0 Å². The summed E-state index contributed by atoms with van der Waals surface area (Å²) >= 11 is 0. The SMILES string of the molecule is Nc1ccc2cnn(Cc3cccc(F)c3)c2c1. The highest BCUT2D eigenvalue weighted by atomic mass is 19.1. The number of anilines is 1. The molecule has 0 spiro atoms. The maximum atomic E-state index is 13.1. The number of benzene rings is 2. The topological polar surface area (TPSA) is 43.8 Å². The van der Waals surface area contributed by atoms with E-state index >= 15 is 0 Å². The number of nitrogen functional groups attached to an aromatic ring is 1. The van der Waals surface area contributed by atoms with Crippen LogP contribution in [-0.2, 0) is 6.54 Å². The van der Waals surface area contributed by atoms with Crippen LogP contribution >= 0.6 is 0 Å². The molecule has 0 aliphatic rings. The maximum Gasteiger partial charge on any atom is 0.123 e. The van der Waals surface area contributed by atoms with E-state index in [1.165, 1.54) is 12.1 Å². The first-order valence-electron chi connectivity index (χ1n) is 5.68. The van der Waals surface area contributed by atoms with Crippen molar-refractivity contribution in [3.8, 4) is 0 Å². The predicted octanol–water partition coefficient (Wildman–Crippen LogP) is 2.81. The van der Waals surface area contributed by atoms with Crippen molar-refractivity contribution in [1.82, 2.24) is 9.78 Å². The standard InChI is InChI=1S/C14H12FN3/c15-12-3-1-2-10(6-12)9-18-14-7-13(16)5-4-11(14)8-17-18/h1-8H,9,16H2. The highest BCUT2D eigenvalue weighted by molar-refractivity contribution is 5.81. The summed E-state index contributed by atoms with van der Waals surface area (Å²) in [5, 5.41) is 5.33. The van der Waals surface area contributed by atoms with Crippen LogP contribution < -0.4 is 5.73 Å². The van der Waals surface area contributed by atoms with Gasteiger partial charge in [-0.1, -0.05) is 12.1 Å². The Morgan fingerprint density at radius 2 is 2.06 bits per heavy atom. The molecule has 0 saturated heterocycles. The molecular weight excluding hydrogens is 229 g/mol. The molecule has 3 nitrogen and oxygen atoms in total. The lowest BCUT2D eigenvalue weighted by molar-refractivity contribution is 0.621. The van der Waals surface area contributed by atoms with Crippen molar-refractivity contribution < 1.29 is 4.39 Å². The average molecular weight is 241 g/mol. The van der Waals surface area contributed by atoms with E-state index in [2.05, 4.69) is 5.10 Å². The summed E-state index contributed by atoms with van der Waals surface area (Å²) in [5.74, 6) is -0.233. The van der Waals surface area contributed by atoms with Crippen LogP contribution in [0.2, 0.25) is 0 Å². The fourth-order valence-corrected chi connectivity index (χ4v) is 2.02. The Morgan fingerprint density at radius 1 is 1.17 bits per heavy atom. The number of aromatic nitrogens is 2. The lowest BCUT2D eigenvalue weighted by Gasteiger charge is -2.04. The maximum absolute atomic E-state index is 13.1. The van der Waals surface area contributed by atoms with Crippen LogP contribution in [0.5, 0.6) is 0 Å². The Kier molecular flexibility index (Phi) is 2.48. The third-order valence-corrected chi connectivity index (χ3v) is 2.89. The van der Waals surface area contributed by atoms with E-state index < -0.39 is 0 Å². The van der Waals surface area contributed by atoms with Crippen LogP contribution in [0.15, 0.2) is 48.7 Å². The summed E-state index contributed by atoms with van der Waals surface area (Å²) in [6.07, 6.45) is 1.79. The Hall–Kier alpha value is -2.36. The van der Waals surface area contributed by atoms with Gasteiger partial charge >= 0.3 is 0 Å². The van der Waals surface area contributed by atoms with Crippen molar-refractivity contribution in [3.63, 3.8) is 0 Å². The van der Waals surface area contributed by atoms with Gasteiger partial charge in [0.25, 0.3) is 0 Å². The second-order valence-corrected chi connectivity index (χ2v) is 4.25. The van der Waals surface area contributed by atoms with Crippen molar-refractivity contribution in [3.05, 3.63) is 60.0 Å². The monoisotopic (exact) mass is 241 g/mol. The molecule has 2 N–H and O–H groups in total. The first kappa shape index (κ1) is 10.8. The second-order valence-electron chi connectivity index (χ2n) is 4.25. The summed E-state index contributed by atoms with van der Waals surface area (Å²) in [6.45, 7) is 0.532. The smallest absolute Gasteiger partial charge is 0.123 e. The first-order valence-corrected chi connectivity index (χ1v) is 5.68. The minimum Gasteiger partial charge on any atom is -0.399 e. The van der Waals surface area contributed by atoms with Crippen LogP contribution in [0.1, 0.15) is 5.56 Å². The zero-order chi connectivity index (χ0) is 12.5. The van der Waals surface area contributed by atoms with E-state index in [0.29, 0.717) is 12.2 Å². The van der Waals surface area contributed by atoms with Gasteiger partial charge in [-0.3, -0.25) is 4.68 Å². The van der Waals surface area contributed by atoms with Gasteiger partial charge in [-0.25, -0.2) is 4.39 Å². The van der Waals surface area contributed by atoms with Gasteiger partial charge in [0.05, 0.1) is 18.3 Å². The Morgan fingerprint density at radius 3 is 2.89 bits per heavy atom. The molecular formula is C14H12FN3. The molecule has 0 bridgehead atoms. The average Bonchev–Trinajstić information content (AvgIpc) is 2.72. The van der Waals surface area contributed by atoms with Crippen molar-refractivity contribution in [2.75, 3.05) is 5.73 Å². The van der Waals surface area contributed by atoms with Crippen LogP contribution in [0.3, 0.4) is 0 Å². The van der Waals surface area contributed by atoms with Gasteiger partial charge in [0, 0.05) is 11.1 Å². The molecule has 0 aliphatic heterocycles.